The second kappa shape index (κ2) is 7.71. The van der Waals surface area contributed by atoms with Crippen molar-refractivity contribution < 1.29 is 9.72 Å². The molecule has 0 aliphatic heterocycles. The molecule has 0 unspecified atom stereocenters. The average Bonchev–Trinajstić information content (AvgIpc) is 3.37. The number of nitrogens with zero attached hydrogens (tertiary/aromatic N) is 2. The Morgan fingerprint density at radius 3 is 2.14 bits per heavy atom. The van der Waals surface area contributed by atoms with Crippen LogP contribution in [-0.4, -0.2) is 15.8 Å². The number of nitro groups is 1. The van der Waals surface area contributed by atoms with Gasteiger partial charge in [-0.05, 0) is 11.6 Å². The molecule has 0 spiro atoms. The minimum Gasteiger partial charge on any atom is -0.297 e. The summed E-state index contributed by atoms with van der Waals surface area (Å²) in [6, 6.07) is 22.4. The molecule has 0 bridgehead atoms. The minimum atomic E-state index is -0.508. The zero-order valence-corrected chi connectivity index (χ0v) is 16.0. The number of carbonyl (C=O) groups is 1. The Hall–Kier alpha value is -3.36. The number of benzene rings is 2. The average molecular weight is 407 g/mol. The van der Waals surface area contributed by atoms with E-state index in [0.29, 0.717) is 5.13 Å². The number of amides is 1. The third-order valence-electron chi connectivity index (χ3n) is 3.93. The fraction of sp³-hybridized carbons (Fsp3) is 0. The highest BCUT2D eigenvalue weighted by molar-refractivity contribution is 7.20. The van der Waals surface area contributed by atoms with Crippen molar-refractivity contribution in [1.29, 1.82) is 0 Å². The van der Waals surface area contributed by atoms with Crippen LogP contribution in [0, 0.1) is 10.1 Å². The predicted octanol–water partition coefficient (Wildman–Crippen LogP) is 5.70. The number of nitrogens with one attached hydrogen (secondary N) is 1. The molecule has 1 amide bonds. The third kappa shape index (κ3) is 3.68. The lowest BCUT2D eigenvalue weighted by Gasteiger charge is -2.02. The second-order valence-corrected chi connectivity index (χ2v) is 7.84. The number of hydrogen-bond acceptors (Lipinski definition) is 6. The molecule has 2 heterocycles. The van der Waals surface area contributed by atoms with Crippen molar-refractivity contribution in [2.24, 2.45) is 0 Å². The van der Waals surface area contributed by atoms with Gasteiger partial charge in [-0.1, -0.05) is 83.3 Å². The van der Waals surface area contributed by atoms with Crippen LogP contribution in [0.2, 0.25) is 0 Å². The molecule has 0 aliphatic carbocycles. The van der Waals surface area contributed by atoms with E-state index in [-0.39, 0.29) is 9.88 Å². The van der Waals surface area contributed by atoms with Crippen LogP contribution >= 0.6 is 22.7 Å². The number of carbonyl (C=O) groups excluding carboxylic acids is 1. The van der Waals surface area contributed by atoms with Gasteiger partial charge in [-0.3, -0.25) is 20.2 Å². The molecule has 0 aliphatic rings. The van der Waals surface area contributed by atoms with Crippen molar-refractivity contribution in [2.45, 2.75) is 0 Å². The van der Waals surface area contributed by atoms with E-state index in [1.807, 2.05) is 60.7 Å². The van der Waals surface area contributed by atoms with E-state index in [9.17, 15) is 14.9 Å². The number of thiophene rings is 1. The van der Waals surface area contributed by atoms with Gasteiger partial charge in [-0.25, -0.2) is 4.98 Å². The zero-order chi connectivity index (χ0) is 19.5. The number of rotatable bonds is 5. The van der Waals surface area contributed by atoms with Gasteiger partial charge < -0.3 is 0 Å². The first-order valence-electron chi connectivity index (χ1n) is 8.29. The predicted molar refractivity (Wildman–Crippen MR) is 112 cm³/mol. The summed E-state index contributed by atoms with van der Waals surface area (Å²) in [5, 5.41) is 14.0. The van der Waals surface area contributed by atoms with Crippen LogP contribution < -0.4 is 5.32 Å². The number of aromatic nitrogens is 1. The highest BCUT2D eigenvalue weighted by Gasteiger charge is 2.19. The van der Waals surface area contributed by atoms with E-state index < -0.39 is 10.8 Å². The highest BCUT2D eigenvalue weighted by atomic mass is 32.1. The second-order valence-electron chi connectivity index (χ2n) is 5.78. The van der Waals surface area contributed by atoms with Crippen molar-refractivity contribution in [1.82, 2.24) is 4.98 Å². The van der Waals surface area contributed by atoms with Crippen LogP contribution in [0.3, 0.4) is 0 Å². The topological polar surface area (TPSA) is 85.1 Å². The molecule has 0 atom stereocenters. The molecule has 8 heteroatoms. The van der Waals surface area contributed by atoms with Gasteiger partial charge in [0.25, 0.3) is 5.91 Å². The van der Waals surface area contributed by atoms with Gasteiger partial charge in [0.15, 0.2) is 5.13 Å². The summed E-state index contributed by atoms with van der Waals surface area (Å²) in [7, 11) is 0. The first kappa shape index (κ1) is 18.0. The molecule has 1 N–H and O–H groups in total. The standard InChI is InChI=1S/C20H13N3O3S2/c24-19(15-11-12-16(27-15)23(25)26)22-20-21-17(13-7-3-1-4-8-13)18(28-20)14-9-5-2-6-10-14/h1-12H,(H,21,22,24). The maximum absolute atomic E-state index is 12.5. The van der Waals surface area contributed by atoms with Gasteiger partial charge in [0.1, 0.15) is 0 Å². The maximum atomic E-state index is 12.5. The van der Waals surface area contributed by atoms with Crippen LogP contribution in [0.1, 0.15) is 9.67 Å². The summed E-state index contributed by atoms with van der Waals surface area (Å²) in [6.07, 6.45) is 0. The Labute approximate surface area is 168 Å². The summed E-state index contributed by atoms with van der Waals surface area (Å²) >= 11 is 2.21. The van der Waals surface area contributed by atoms with Gasteiger partial charge in [-0.2, -0.15) is 0 Å². The molecule has 2 aromatic carbocycles. The lowest BCUT2D eigenvalue weighted by Crippen LogP contribution is -2.09. The number of thiazole rings is 1. The monoisotopic (exact) mass is 407 g/mol. The van der Waals surface area contributed by atoms with Crippen LogP contribution in [0.15, 0.2) is 72.8 Å². The number of hydrogen-bond donors (Lipinski definition) is 1. The molecular formula is C20H13N3O3S2. The zero-order valence-electron chi connectivity index (χ0n) is 14.4. The first-order valence-corrected chi connectivity index (χ1v) is 9.92. The molecule has 0 radical (unpaired) electrons. The largest absolute Gasteiger partial charge is 0.324 e. The van der Waals surface area contributed by atoms with Crippen molar-refractivity contribution >= 4 is 38.7 Å². The van der Waals surface area contributed by atoms with Crippen molar-refractivity contribution in [2.75, 3.05) is 5.32 Å². The van der Waals surface area contributed by atoms with E-state index in [2.05, 4.69) is 10.3 Å². The molecular weight excluding hydrogens is 394 g/mol. The van der Waals surface area contributed by atoms with Gasteiger partial charge in [0.05, 0.1) is 20.4 Å². The van der Waals surface area contributed by atoms with Crippen molar-refractivity contribution in [3.8, 4) is 21.7 Å². The van der Waals surface area contributed by atoms with E-state index in [1.165, 1.54) is 23.5 Å². The third-order valence-corrected chi connectivity index (χ3v) is 5.98. The van der Waals surface area contributed by atoms with Gasteiger partial charge >= 0.3 is 5.00 Å². The Morgan fingerprint density at radius 2 is 1.54 bits per heavy atom. The Bertz CT molecular complexity index is 1080. The molecule has 138 valence electrons. The first-order chi connectivity index (χ1) is 13.6. The molecule has 0 fully saturated rings. The van der Waals surface area contributed by atoms with Crippen LogP contribution in [0.5, 0.6) is 0 Å². The van der Waals surface area contributed by atoms with Crippen LogP contribution in [-0.2, 0) is 0 Å². The van der Waals surface area contributed by atoms with Gasteiger partial charge in [-0.15, -0.1) is 0 Å². The van der Waals surface area contributed by atoms with E-state index in [1.54, 1.807) is 0 Å². The van der Waals surface area contributed by atoms with Gasteiger partial charge in [0.2, 0.25) is 0 Å². The fourth-order valence-electron chi connectivity index (χ4n) is 2.66. The number of anilines is 1. The summed E-state index contributed by atoms with van der Waals surface area (Å²) in [4.78, 5) is 28.6. The van der Waals surface area contributed by atoms with Crippen LogP contribution in [0.4, 0.5) is 10.1 Å². The van der Waals surface area contributed by atoms with Crippen molar-refractivity contribution in [3.63, 3.8) is 0 Å². The summed E-state index contributed by atoms with van der Waals surface area (Å²) < 4.78 is 0. The molecule has 0 saturated heterocycles. The Morgan fingerprint density at radius 1 is 0.893 bits per heavy atom. The molecule has 6 nitrogen and oxygen atoms in total. The van der Waals surface area contributed by atoms with E-state index in [0.717, 1.165) is 33.0 Å². The lowest BCUT2D eigenvalue weighted by molar-refractivity contribution is -0.380. The quantitative estimate of drug-likeness (QED) is 0.340. The van der Waals surface area contributed by atoms with E-state index >= 15 is 0 Å². The molecule has 0 saturated carbocycles. The van der Waals surface area contributed by atoms with Crippen molar-refractivity contribution in [3.05, 3.63) is 87.8 Å². The summed E-state index contributed by atoms with van der Waals surface area (Å²) in [5.74, 6) is -0.411. The Balaban J connectivity index is 1.69. The molecule has 4 rings (SSSR count). The molecule has 28 heavy (non-hydrogen) atoms. The van der Waals surface area contributed by atoms with Gasteiger partial charge in [0, 0.05) is 11.6 Å². The van der Waals surface area contributed by atoms with E-state index in [4.69, 9.17) is 0 Å². The molecule has 2 aromatic heterocycles. The normalized spacial score (nSPS) is 10.6. The van der Waals surface area contributed by atoms with Crippen LogP contribution in [0.25, 0.3) is 21.7 Å². The smallest absolute Gasteiger partial charge is 0.297 e. The molecule has 4 aromatic rings. The SMILES string of the molecule is O=C(Nc1nc(-c2ccccc2)c(-c2ccccc2)s1)c1ccc([N+](=O)[O-])s1. The minimum absolute atomic E-state index is 0.0702. The highest BCUT2D eigenvalue weighted by Crippen LogP contribution is 2.39. The summed E-state index contributed by atoms with van der Waals surface area (Å²) in [5.41, 5.74) is 2.74. The lowest BCUT2D eigenvalue weighted by atomic mass is 10.1. The maximum Gasteiger partial charge on any atom is 0.324 e. The Kier molecular flexibility index (Phi) is 4.96. The fourth-order valence-corrected chi connectivity index (χ4v) is 4.36. The summed E-state index contributed by atoms with van der Waals surface area (Å²) in [6.45, 7) is 0.